The minimum absolute atomic E-state index is 0.149. The van der Waals surface area contributed by atoms with E-state index in [2.05, 4.69) is 15.5 Å². The zero-order valence-corrected chi connectivity index (χ0v) is 10.3. The van der Waals surface area contributed by atoms with Crippen LogP contribution in [0.15, 0.2) is 12.1 Å². The van der Waals surface area contributed by atoms with Crippen molar-refractivity contribution in [2.75, 3.05) is 11.1 Å². The van der Waals surface area contributed by atoms with E-state index < -0.39 is 23.2 Å². The predicted octanol–water partition coefficient (Wildman–Crippen LogP) is 2.14. The number of nitrogens with one attached hydrogen (secondary N) is 2. The second-order valence-corrected chi connectivity index (χ2v) is 4.12. The molecule has 0 fully saturated rings. The highest BCUT2D eigenvalue weighted by Crippen LogP contribution is 2.20. The van der Waals surface area contributed by atoms with E-state index in [-0.39, 0.29) is 5.56 Å². The van der Waals surface area contributed by atoms with E-state index in [4.69, 9.17) is 5.73 Å². The summed E-state index contributed by atoms with van der Waals surface area (Å²) in [6.07, 6.45) is 0. The molecule has 2 rings (SSSR count). The van der Waals surface area contributed by atoms with Crippen molar-refractivity contribution >= 4 is 17.3 Å². The molecule has 0 aliphatic rings. The highest BCUT2D eigenvalue weighted by Gasteiger charge is 2.15. The number of aromatic amines is 1. The molecule has 0 aliphatic carbocycles. The second kappa shape index (κ2) is 4.68. The number of nitrogens with two attached hydrogens (primary N) is 1. The summed E-state index contributed by atoms with van der Waals surface area (Å²) >= 11 is 0. The van der Waals surface area contributed by atoms with Crippen molar-refractivity contribution in [3.05, 3.63) is 40.7 Å². The number of anilines is 2. The summed E-state index contributed by atoms with van der Waals surface area (Å²) in [5, 5.41) is 9.14. The average molecular weight is 266 g/mol. The zero-order valence-electron chi connectivity index (χ0n) is 10.3. The molecule has 0 atom stereocenters. The Hall–Kier alpha value is -2.44. The highest BCUT2D eigenvalue weighted by molar-refractivity contribution is 6.05. The molecule has 1 heterocycles. The van der Waals surface area contributed by atoms with Crippen LogP contribution in [0.1, 0.15) is 21.7 Å². The van der Waals surface area contributed by atoms with Crippen molar-refractivity contribution < 1.29 is 13.6 Å². The second-order valence-electron chi connectivity index (χ2n) is 4.12. The molecule has 1 amide bonds. The van der Waals surface area contributed by atoms with Gasteiger partial charge in [0.2, 0.25) is 0 Å². The fourth-order valence-corrected chi connectivity index (χ4v) is 1.64. The topological polar surface area (TPSA) is 83.8 Å². The maximum atomic E-state index is 13.3. The summed E-state index contributed by atoms with van der Waals surface area (Å²) in [6, 6.07) is 1.77. The third-order valence-electron chi connectivity index (χ3n) is 2.71. The van der Waals surface area contributed by atoms with E-state index in [0.717, 1.165) is 12.1 Å². The van der Waals surface area contributed by atoms with Crippen molar-refractivity contribution in [2.24, 2.45) is 0 Å². The lowest BCUT2D eigenvalue weighted by Crippen LogP contribution is -2.14. The SMILES string of the molecule is Cc1n[nH]c(C)c1NC(=O)c1cc(F)c(N)c(F)c1. The van der Waals surface area contributed by atoms with Gasteiger partial charge in [-0.15, -0.1) is 0 Å². The van der Waals surface area contributed by atoms with E-state index in [1.165, 1.54) is 0 Å². The number of carbonyl (C=O) groups is 1. The lowest BCUT2D eigenvalue weighted by Gasteiger charge is -2.07. The van der Waals surface area contributed by atoms with Crippen molar-refractivity contribution in [3.8, 4) is 0 Å². The number of nitrogens with zero attached hydrogens (tertiary/aromatic N) is 1. The summed E-state index contributed by atoms with van der Waals surface area (Å²) in [6.45, 7) is 3.42. The van der Waals surface area contributed by atoms with Crippen LogP contribution in [0.5, 0.6) is 0 Å². The number of aryl methyl sites for hydroxylation is 2. The Kier molecular flexibility index (Phi) is 3.20. The summed E-state index contributed by atoms with van der Waals surface area (Å²) in [4.78, 5) is 11.9. The van der Waals surface area contributed by atoms with E-state index in [9.17, 15) is 13.6 Å². The molecular formula is C12H12F2N4O. The van der Waals surface area contributed by atoms with Crippen LogP contribution < -0.4 is 11.1 Å². The first-order valence-electron chi connectivity index (χ1n) is 5.47. The fraction of sp³-hybridized carbons (Fsp3) is 0.167. The third-order valence-corrected chi connectivity index (χ3v) is 2.71. The first-order chi connectivity index (χ1) is 8.90. The molecule has 0 spiro atoms. The van der Waals surface area contributed by atoms with E-state index in [0.29, 0.717) is 17.1 Å². The van der Waals surface area contributed by atoms with Crippen LogP contribution >= 0.6 is 0 Å². The summed E-state index contributed by atoms with van der Waals surface area (Å²) in [7, 11) is 0. The summed E-state index contributed by atoms with van der Waals surface area (Å²) < 4.78 is 26.5. The molecule has 0 saturated heterocycles. The zero-order chi connectivity index (χ0) is 14.2. The molecule has 0 radical (unpaired) electrons. The van der Waals surface area contributed by atoms with Gasteiger partial charge in [0.05, 0.1) is 17.1 Å². The number of carbonyl (C=O) groups excluding carboxylic acids is 1. The van der Waals surface area contributed by atoms with Crippen LogP contribution in [0, 0.1) is 25.5 Å². The monoisotopic (exact) mass is 266 g/mol. The number of hydrogen-bond donors (Lipinski definition) is 3. The fourth-order valence-electron chi connectivity index (χ4n) is 1.64. The van der Waals surface area contributed by atoms with Gasteiger partial charge in [-0.05, 0) is 26.0 Å². The average Bonchev–Trinajstić information content (AvgIpc) is 2.67. The van der Waals surface area contributed by atoms with Gasteiger partial charge in [-0.3, -0.25) is 9.89 Å². The molecule has 4 N–H and O–H groups in total. The van der Waals surface area contributed by atoms with E-state index >= 15 is 0 Å². The Morgan fingerprint density at radius 2 is 1.89 bits per heavy atom. The molecule has 0 saturated carbocycles. The summed E-state index contributed by atoms with van der Waals surface area (Å²) in [5.74, 6) is -2.57. The van der Waals surface area contributed by atoms with Gasteiger partial charge >= 0.3 is 0 Å². The molecule has 19 heavy (non-hydrogen) atoms. The number of amides is 1. The normalized spacial score (nSPS) is 10.5. The molecule has 100 valence electrons. The molecule has 0 aliphatic heterocycles. The van der Waals surface area contributed by atoms with Crippen molar-refractivity contribution in [1.82, 2.24) is 10.2 Å². The highest BCUT2D eigenvalue weighted by atomic mass is 19.1. The Bertz CT molecular complexity index is 609. The smallest absolute Gasteiger partial charge is 0.255 e. The Balaban J connectivity index is 2.31. The van der Waals surface area contributed by atoms with Gasteiger partial charge in [0, 0.05) is 5.56 Å². The van der Waals surface area contributed by atoms with Gasteiger partial charge in [0.15, 0.2) is 0 Å². The standard InChI is InChI=1S/C12H12F2N4O/c1-5-11(6(2)18-17-5)16-12(19)7-3-8(13)10(15)9(14)4-7/h3-4H,15H2,1-2H3,(H,16,19)(H,17,18). The molecule has 0 bridgehead atoms. The van der Waals surface area contributed by atoms with Gasteiger partial charge in [0.25, 0.3) is 5.91 Å². The molecule has 1 aromatic heterocycles. The first kappa shape index (κ1) is 13.0. The van der Waals surface area contributed by atoms with Gasteiger partial charge in [-0.2, -0.15) is 5.10 Å². The number of rotatable bonds is 2. The Morgan fingerprint density at radius 1 is 1.32 bits per heavy atom. The third kappa shape index (κ3) is 2.40. The first-order valence-corrected chi connectivity index (χ1v) is 5.47. The number of hydrogen-bond acceptors (Lipinski definition) is 3. The van der Waals surface area contributed by atoms with Crippen LogP contribution in [0.25, 0.3) is 0 Å². The van der Waals surface area contributed by atoms with Crippen LogP contribution in [0.2, 0.25) is 0 Å². The van der Waals surface area contributed by atoms with Crippen molar-refractivity contribution in [3.63, 3.8) is 0 Å². The van der Waals surface area contributed by atoms with Gasteiger partial charge in [-0.1, -0.05) is 0 Å². The summed E-state index contributed by atoms with van der Waals surface area (Å²) in [5.41, 5.74) is 6.11. The van der Waals surface area contributed by atoms with Gasteiger partial charge in [0.1, 0.15) is 17.3 Å². The van der Waals surface area contributed by atoms with E-state index in [1.54, 1.807) is 13.8 Å². The molecular weight excluding hydrogens is 254 g/mol. The number of H-pyrrole nitrogens is 1. The Morgan fingerprint density at radius 3 is 2.37 bits per heavy atom. The lowest BCUT2D eigenvalue weighted by atomic mass is 10.1. The van der Waals surface area contributed by atoms with E-state index in [1.807, 2.05) is 0 Å². The maximum absolute atomic E-state index is 13.3. The van der Waals surface area contributed by atoms with Crippen molar-refractivity contribution in [2.45, 2.75) is 13.8 Å². The van der Waals surface area contributed by atoms with Gasteiger partial charge < -0.3 is 11.1 Å². The van der Waals surface area contributed by atoms with Crippen molar-refractivity contribution in [1.29, 1.82) is 0 Å². The molecule has 5 nitrogen and oxygen atoms in total. The quantitative estimate of drug-likeness (QED) is 0.728. The number of benzene rings is 1. The van der Waals surface area contributed by atoms with Crippen LogP contribution in [-0.4, -0.2) is 16.1 Å². The van der Waals surface area contributed by atoms with Crippen LogP contribution in [0.3, 0.4) is 0 Å². The van der Waals surface area contributed by atoms with Gasteiger partial charge in [-0.25, -0.2) is 8.78 Å². The number of halogens is 2. The molecule has 2 aromatic rings. The van der Waals surface area contributed by atoms with Crippen LogP contribution in [-0.2, 0) is 0 Å². The number of aromatic nitrogens is 2. The minimum atomic E-state index is -0.967. The molecule has 1 aromatic carbocycles. The molecule has 7 heteroatoms. The minimum Gasteiger partial charge on any atom is -0.394 e. The lowest BCUT2D eigenvalue weighted by molar-refractivity contribution is 0.102. The largest absolute Gasteiger partial charge is 0.394 e. The Labute approximate surface area is 107 Å². The van der Waals surface area contributed by atoms with Crippen LogP contribution in [0.4, 0.5) is 20.2 Å². The molecule has 0 unspecified atom stereocenters. The maximum Gasteiger partial charge on any atom is 0.255 e. The predicted molar refractivity (Wildman–Crippen MR) is 66.8 cm³/mol. The number of nitrogen functional groups attached to an aromatic ring is 1.